The second kappa shape index (κ2) is 9.76. The van der Waals surface area contributed by atoms with Gasteiger partial charge in [-0.3, -0.25) is 9.78 Å². The number of hydroxylamine groups is 2. The first-order valence-corrected chi connectivity index (χ1v) is 9.54. The minimum atomic E-state index is -4.66. The summed E-state index contributed by atoms with van der Waals surface area (Å²) in [5.74, 6) is -0.209. The van der Waals surface area contributed by atoms with Crippen LogP contribution in [0.3, 0.4) is 0 Å². The molecular weight excluding hydrogens is 465 g/mol. The molecule has 33 heavy (non-hydrogen) atoms. The van der Waals surface area contributed by atoms with Gasteiger partial charge in [0.15, 0.2) is 0 Å². The Morgan fingerprint density at radius 3 is 2.27 bits per heavy atom. The highest BCUT2D eigenvalue weighted by molar-refractivity contribution is 6.31. The number of rotatable bonds is 5. The first kappa shape index (κ1) is 23.8. The molecule has 0 atom stereocenters. The van der Waals surface area contributed by atoms with Gasteiger partial charge in [-0.05, 0) is 55.6 Å². The molecule has 0 fully saturated rings. The maximum absolute atomic E-state index is 12.9. The Morgan fingerprint density at radius 2 is 1.64 bits per heavy atom. The Kier molecular flexibility index (Phi) is 7.04. The number of nitrogens with one attached hydrogen (secondary N) is 2. The first-order chi connectivity index (χ1) is 15.5. The minimum Gasteiger partial charge on any atom is -0.756 e. The molecule has 1 heterocycles. The van der Waals surface area contributed by atoms with E-state index in [1.807, 2.05) is 0 Å². The quantitative estimate of drug-likeness (QED) is 0.452. The average molecular weight is 480 g/mol. The normalized spacial score (nSPS) is 11.0. The van der Waals surface area contributed by atoms with E-state index in [0.29, 0.717) is 11.4 Å². The zero-order valence-corrected chi connectivity index (χ0v) is 17.6. The number of carbonyl (C=O) groups is 2. The van der Waals surface area contributed by atoms with Gasteiger partial charge in [-0.15, -0.1) is 0 Å². The summed E-state index contributed by atoms with van der Waals surface area (Å²) in [6.45, 7) is 0. The van der Waals surface area contributed by atoms with Crippen LogP contribution in [0.4, 0.5) is 29.3 Å². The van der Waals surface area contributed by atoms with Crippen LogP contribution in [0.15, 0.2) is 60.8 Å². The van der Waals surface area contributed by atoms with Crippen molar-refractivity contribution >= 4 is 34.9 Å². The van der Waals surface area contributed by atoms with Gasteiger partial charge in [0.05, 0.1) is 10.6 Å². The standard InChI is InChI=1S/C21H15ClF3N4O4/c1-29(32)19(30)18-11-15(8-9-26-18)33-14-5-2-12(3-6-14)27-20(31)28-13-4-7-17(22)16(10-13)21(23,24)25/h2-11H,1H3,(H2,27,28,31)/q-1. The largest absolute Gasteiger partial charge is 0.756 e. The molecule has 0 aliphatic rings. The van der Waals surface area contributed by atoms with E-state index in [1.54, 1.807) is 0 Å². The minimum absolute atomic E-state index is 0.0871. The Morgan fingerprint density at radius 1 is 1.00 bits per heavy atom. The summed E-state index contributed by atoms with van der Waals surface area (Å²) < 4.78 is 44.4. The van der Waals surface area contributed by atoms with E-state index < -0.39 is 28.7 Å². The molecule has 0 bridgehead atoms. The van der Waals surface area contributed by atoms with Crippen molar-refractivity contribution in [3.8, 4) is 11.5 Å². The van der Waals surface area contributed by atoms with Gasteiger partial charge in [-0.1, -0.05) is 11.6 Å². The lowest BCUT2D eigenvalue weighted by atomic mass is 10.2. The van der Waals surface area contributed by atoms with Crippen LogP contribution in [0.25, 0.3) is 0 Å². The Labute approximate surface area is 190 Å². The van der Waals surface area contributed by atoms with Gasteiger partial charge >= 0.3 is 12.2 Å². The Hall–Kier alpha value is -3.83. The van der Waals surface area contributed by atoms with Crippen molar-refractivity contribution in [2.45, 2.75) is 6.18 Å². The van der Waals surface area contributed by atoms with E-state index in [0.717, 1.165) is 19.2 Å². The highest BCUT2D eigenvalue weighted by atomic mass is 35.5. The molecule has 3 aromatic rings. The van der Waals surface area contributed by atoms with Crippen molar-refractivity contribution in [3.63, 3.8) is 0 Å². The van der Waals surface area contributed by atoms with E-state index in [-0.39, 0.29) is 22.2 Å². The SMILES string of the molecule is CN([O-])C(=O)c1cc(Oc2ccc(NC(=O)Nc3ccc(Cl)c(C(F)(F)F)c3)cc2)ccn1. The lowest BCUT2D eigenvalue weighted by molar-refractivity contribution is -0.137. The molecular formula is C21H15ClF3N4O4-. The molecule has 12 heteroatoms. The van der Waals surface area contributed by atoms with Crippen LogP contribution in [-0.2, 0) is 6.18 Å². The number of amides is 3. The van der Waals surface area contributed by atoms with Gasteiger partial charge < -0.3 is 25.6 Å². The van der Waals surface area contributed by atoms with E-state index in [4.69, 9.17) is 16.3 Å². The van der Waals surface area contributed by atoms with Crippen molar-refractivity contribution in [1.82, 2.24) is 10.0 Å². The second-order valence-corrected chi connectivity index (χ2v) is 6.98. The number of halogens is 4. The highest BCUT2D eigenvalue weighted by Crippen LogP contribution is 2.36. The molecule has 0 spiro atoms. The molecule has 0 saturated heterocycles. The third-order valence-corrected chi connectivity index (χ3v) is 4.44. The summed E-state index contributed by atoms with van der Waals surface area (Å²) in [5.41, 5.74) is -0.901. The molecule has 172 valence electrons. The van der Waals surface area contributed by atoms with Gasteiger partial charge in [-0.2, -0.15) is 13.2 Å². The number of nitrogens with zero attached hydrogens (tertiary/aromatic N) is 2. The second-order valence-electron chi connectivity index (χ2n) is 6.58. The van der Waals surface area contributed by atoms with Crippen LogP contribution in [0.1, 0.15) is 16.1 Å². The fourth-order valence-corrected chi connectivity index (χ4v) is 2.83. The van der Waals surface area contributed by atoms with E-state index in [9.17, 15) is 28.0 Å². The summed E-state index contributed by atoms with van der Waals surface area (Å²) in [6.07, 6.45) is -3.35. The molecule has 2 N–H and O–H groups in total. The lowest BCUT2D eigenvalue weighted by Crippen LogP contribution is -2.20. The predicted octanol–water partition coefficient (Wildman–Crippen LogP) is 5.76. The van der Waals surface area contributed by atoms with Crippen molar-refractivity contribution in [3.05, 3.63) is 82.3 Å². The molecule has 0 saturated carbocycles. The number of anilines is 2. The maximum Gasteiger partial charge on any atom is 0.417 e. The number of benzene rings is 2. The summed E-state index contributed by atoms with van der Waals surface area (Å²) >= 11 is 5.56. The molecule has 0 aliphatic carbocycles. The summed E-state index contributed by atoms with van der Waals surface area (Å²) in [6, 6.07) is 11.1. The van der Waals surface area contributed by atoms with Gasteiger partial charge in [0.1, 0.15) is 17.2 Å². The molecule has 1 aromatic heterocycles. The van der Waals surface area contributed by atoms with Crippen molar-refractivity contribution in [2.75, 3.05) is 17.7 Å². The van der Waals surface area contributed by atoms with Crippen molar-refractivity contribution < 1.29 is 27.5 Å². The maximum atomic E-state index is 12.9. The van der Waals surface area contributed by atoms with Crippen molar-refractivity contribution in [1.29, 1.82) is 0 Å². The smallest absolute Gasteiger partial charge is 0.417 e. The lowest BCUT2D eigenvalue weighted by Gasteiger charge is -2.21. The number of alkyl halides is 3. The number of hydrogen-bond donors (Lipinski definition) is 2. The number of hydrogen-bond acceptors (Lipinski definition) is 5. The summed E-state index contributed by atoms with van der Waals surface area (Å²) in [5, 5.41) is 15.6. The zero-order valence-electron chi connectivity index (χ0n) is 16.8. The van der Waals surface area contributed by atoms with Gasteiger partial charge in [0.25, 0.3) is 5.91 Å². The molecule has 0 radical (unpaired) electrons. The fourth-order valence-electron chi connectivity index (χ4n) is 2.61. The molecule has 0 aliphatic heterocycles. The number of ether oxygens (including phenoxy) is 1. The molecule has 8 nitrogen and oxygen atoms in total. The number of urea groups is 1. The topological polar surface area (TPSA) is 107 Å². The van der Waals surface area contributed by atoms with Crippen LogP contribution in [-0.4, -0.2) is 29.0 Å². The molecule has 0 unspecified atom stereocenters. The zero-order chi connectivity index (χ0) is 24.2. The van der Waals surface area contributed by atoms with E-state index in [2.05, 4.69) is 15.6 Å². The Balaban J connectivity index is 1.63. The van der Waals surface area contributed by atoms with Crippen LogP contribution in [0.5, 0.6) is 11.5 Å². The highest BCUT2D eigenvalue weighted by Gasteiger charge is 2.33. The monoisotopic (exact) mass is 479 g/mol. The third kappa shape index (κ3) is 6.34. The Bertz CT molecular complexity index is 1170. The number of pyridine rings is 1. The summed E-state index contributed by atoms with van der Waals surface area (Å²) in [7, 11) is 1.06. The first-order valence-electron chi connectivity index (χ1n) is 9.17. The van der Waals surface area contributed by atoms with Crippen LogP contribution in [0.2, 0.25) is 5.02 Å². The average Bonchev–Trinajstić information content (AvgIpc) is 2.75. The third-order valence-electron chi connectivity index (χ3n) is 4.11. The number of carbonyl (C=O) groups excluding carboxylic acids is 2. The van der Waals surface area contributed by atoms with Crippen LogP contribution < -0.4 is 15.4 Å². The summed E-state index contributed by atoms with van der Waals surface area (Å²) in [4.78, 5) is 27.6. The fraction of sp³-hybridized carbons (Fsp3) is 0.0952. The van der Waals surface area contributed by atoms with Gasteiger partial charge in [0, 0.05) is 23.6 Å². The molecule has 3 rings (SSSR count). The number of aromatic nitrogens is 1. The van der Waals surface area contributed by atoms with Crippen LogP contribution in [0, 0.1) is 5.21 Å². The van der Waals surface area contributed by atoms with Crippen LogP contribution >= 0.6 is 11.6 Å². The molecule has 3 amide bonds. The van der Waals surface area contributed by atoms with Gasteiger partial charge in [0.2, 0.25) is 0 Å². The predicted molar refractivity (Wildman–Crippen MR) is 115 cm³/mol. The van der Waals surface area contributed by atoms with E-state index in [1.165, 1.54) is 48.7 Å². The van der Waals surface area contributed by atoms with Crippen molar-refractivity contribution in [2.24, 2.45) is 0 Å². The van der Waals surface area contributed by atoms with E-state index >= 15 is 0 Å². The van der Waals surface area contributed by atoms with Gasteiger partial charge in [-0.25, -0.2) is 4.79 Å². The molecule has 2 aromatic carbocycles.